The van der Waals surface area contributed by atoms with Crippen LogP contribution in [0.2, 0.25) is 0 Å². The molecule has 1 atom stereocenters. The molecule has 1 fully saturated rings. The Hall–Kier alpha value is -3.33. The number of rotatable bonds is 9. The maximum absolute atomic E-state index is 13.9. The fourth-order valence-corrected chi connectivity index (χ4v) is 4.12. The number of anilines is 1. The van der Waals surface area contributed by atoms with Crippen molar-refractivity contribution >= 4 is 23.5 Å². The van der Waals surface area contributed by atoms with Gasteiger partial charge in [-0.1, -0.05) is 65.7 Å². The van der Waals surface area contributed by atoms with Gasteiger partial charge in [0.15, 0.2) is 0 Å². The predicted octanol–water partition coefficient (Wildman–Crippen LogP) is 8.59. The van der Waals surface area contributed by atoms with Gasteiger partial charge in [0.05, 0.1) is 0 Å². The van der Waals surface area contributed by atoms with Crippen molar-refractivity contribution in [2.45, 2.75) is 92.9 Å². The minimum absolute atomic E-state index is 0.144. The fraction of sp³-hybridized carbons (Fsp3) is 0.515. The molecule has 0 aliphatic carbocycles. The molecule has 2 aromatic rings. The minimum Gasteiger partial charge on any atom is -0.371 e. The topological polar surface area (TPSA) is 80.3 Å². The third kappa shape index (κ3) is 12.4. The zero-order chi connectivity index (χ0) is 29.2. The number of hydrogen-bond acceptors (Lipinski definition) is 4. The molecule has 3 rings (SSSR count). The number of carbonyl (C=O) groups excluding carboxylic acids is 1. The number of unbranched alkanes of at least 4 members (excludes halogenated alkanes) is 1. The number of carbonyl (C=O) groups is 1. The fourth-order valence-electron chi connectivity index (χ4n) is 4.12. The number of ketones is 1. The number of hydrogen-bond donors (Lipinski definition) is 1. The van der Waals surface area contributed by atoms with Crippen LogP contribution in [-0.4, -0.2) is 30.9 Å². The van der Waals surface area contributed by atoms with E-state index >= 15 is 0 Å². The summed E-state index contributed by atoms with van der Waals surface area (Å²) in [5, 5.41) is 14.8. The molecule has 1 aliphatic rings. The van der Waals surface area contributed by atoms with Crippen molar-refractivity contribution in [3.63, 3.8) is 0 Å². The number of aliphatic imine (C=N–C) groups is 1. The Balaban J connectivity index is 0.000000451. The van der Waals surface area contributed by atoms with Gasteiger partial charge in [0.25, 0.3) is 0 Å². The highest BCUT2D eigenvalue weighted by atomic mass is 19.1. The van der Waals surface area contributed by atoms with E-state index in [2.05, 4.69) is 48.9 Å². The summed E-state index contributed by atoms with van der Waals surface area (Å²) in [6, 6.07) is 13.7. The lowest BCUT2D eigenvalue weighted by Gasteiger charge is -2.22. The molecule has 1 N–H and O–H groups in total. The Kier molecular flexibility index (Phi) is 16.3. The highest BCUT2D eigenvalue weighted by molar-refractivity contribution is 5.98. The number of aryl methyl sites for hydroxylation is 1. The molecule has 1 saturated heterocycles. The predicted molar refractivity (Wildman–Crippen MR) is 164 cm³/mol. The van der Waals surface area contributed by atoms with Crippen LogP contribution in [0.3, 0.4) is 0 Å². The minimum atomic E-state index is -0.219. The van der Waals surface area contributed by atoms with Crippen LogP contribution >= 0.6 is 0 Å². The number of benzene rings is 2. The largest absolute Gasteiger partial charge is 0.371 e. The van der Waals surface area contributed by atoms with E-state index in [-0.39, 0.29) is 17.4 Å². The summed E-state index contributed by atoms with van der Waals surface area (Å²) >= 11 is 0. The van der Waals surface area contributed by atoms with Gasteiger partial charge in [0.1, 0.15) is 17.7 Å². The van der Waals surface area contributed by atoms with Gasteiger partial charge >= 0.3 is 0 Å². The lowest BCUT2D eigenvalue weighted by atomic mass is 9.91. The van der Waals surface area contributed by atoms with Crippen LogP contribution in [0.25, 0.3) is 11.1 Å². The average molecular weight is 535 g/mol. The van der Waals surface area contributed by atoms with Crippen molar-refractivity contribution in [2.75, 3.05) is 18.0 Å². The number of halogens is 1. The SMILES string of the molecule is CCC(C)=O.CCCC=NC(=N)C#N.CCc1cc(-c2ccc(F)cc2N2CCCC2)ccc1CC(C)CC. The molecule has 212 valence electrons. The summed E-state index contributed by atoms with van der Waals surface area (Å²) in [7, 11) is 0. The third-order valence-corrected chi connectivity index (χ3v) is 6.81. The van der Waals surface area contributed by atoms with E-state index in [9.17, 15) is 9.18 Å². The van der Waals surface area contributed by atoms with E-state index in [0.29, 0.717) is 12.3 Å². The zero-order valence-corrected chi connectivity index (χ0v) is 24.8. The van der Waals surface area contributed by atoms with Gasteiger partial charge in [-0.05, 0) is 79.8 Å². The van der Waals surface area contributed by atoms with E-state index in [1.807, 2.05) is 19.9 Å². The standard InChI is InChI=1S/C23H30FN.C6H9N3.C4H8O/c1-4-17(3)14-19-8-9-20(15-18(19)5-2)22-11-10-21(24)16-23(22)25-12-6-7-13-25;1-2-3-4-9-6(8)5-7;1-3-4(2)5/h8-11,15-17H,4-7,12-14H2,1-3H3;4,8H,2-3H2,1H3;3H2,1-2H3. The lowest BCUT2D eigenvalue weighted by Crippen LogP contribution is -2.18. The smallest absolute Gasteiger partial charge is 0.224 e. The van der Waals surface area contributed by atoms with Gasteiger partial charge in [-0.3, -0.25) is 5.41 Å². The maximum atomic E-state index is 13.9. The van der Waals surface area contributed by atoms with Crippen molar-refractivity contribution in [3.8, 4) is 17.2 Å². The molecule has 0 bridgehead atoms. The summed E-state index contributed by atoms with van der Waals surface area (Å²) in [5.41, 5.74) is 6.31. The van der Waals surface area contributed by atoms with Crippen LogP contribution in [0.1, 0.15) is 91.2 Å². The quantitative estimate of drug-likeness (QED) is 0.258. The third-order valence-electron chi connectivity index (χ3n) is 6.81. The first-order valence-corrected chi connectivity index (χ1v) is 14.4. The summed E-state index contributed by atoms with van der Waals surface area (Å²) in [6.45, 7) is 14.3. The molecule has 1 heterocycles. The maximum Gasteiger partial charge on any atom is 0.224 e. The van der Waals surface area contributed by atoms with Crippen molar-refractivity contribution in [2.24, 2.45) is 10.9 Å². The summed E-state index contributed by atoms with van der Waals surface area (Å²) in [4.78, 5) is 15.7. The number of nitrogens with zero attached hydrogens (tertiary/aromatic N) is 3. The Morgan fingerprint density at radius 2 is 1.79 bits per heavy atom. The first-order valence-electron chi connectivity index (χ1n) is 14.4. The number of nitrogens with one attached hydrogen (secondary N) is 1. The first kappa shape index (κ1) is 33.7. The van der Waals surface area contributed by atoms with Gasteiger partial charge in [-0.25, -0.2) is 9.38 Å². The Bertz CT molecular complexity index is 1110. The monoisotopic (exact) mass is 534 g/mol. The Morgan fingerprint density at radius 1 is 1.13 bits per heavy atom. The van der Waals surface area contributed by atoms with Crippen LogP contribution in [0, 0.1) is 28.5 Å². The molecule has 0 saturated carbocycles. The molecule has 0 spiro atoms. The lowest BCUT2D eigenvalue weighted by molar-refractivity contribution is -0.116. The van der Waals surface area contributed by atoms with Crippen LogP contribution in [0.15, 0.2) is 41.4 Å². The van der Waals surface area contributed by atoms with E-state index in [4.69, 9.17) is 10.7 Å². The molecule has 6 heteroatoms. The van der Waals surface area contributed by atoms with Crippen LogP contribution in [0.4, 0.5) is 10.1 Å². The summed E-state index contributed by atoms with van der Waals surface area (Å²) < 4.78 is 13.9. The van der Waals surface area contributed by atoms with Crippen molar-refractivity contribution in [3.05, 3.63) is 53.3 Å². The summed E-state index contributed by atoms with van der Waals surface area (Å²) in [6.07, 6.45) is 9.88. The molecule has 1 unspecified atom stereocenters. The normalized spacial score (nSPS) is 13.1. The highest BCUT2D eigenvalue weighted by Gasteiger charge is 2.18. The molecule has 5 nitrogen and oxygen atoms in total. The van der Waals surface area contributed by atoms with Crippen LogP contribution < -0.4 is 4.90 Å². The second kappa shape index (κ2) is 18.8. The molecule has 0 radical (unpaired) electrons. The van der Waals surface area contributed by atoms with Gasteiger partial charge in [0.2, 0.25) is 5.84 Å². The zero-order valence-electron chi connectivity index (χ0n) is 24.8. The van der Waals surface area contributed by atoms with Gasteiger partial charge < -0.3 is 9.69 Å². The van der Waals surface area contributed by atoms with Gasteiger partial charge in [0, 0.05) is 37.0 Å². The van der Waals surface area contributed by atoms with Crippen molar-refractivity contribution < 1.29 is 9.18 Å². The molecule has 0 amide bonds. The van der Waals surface area contributed by atoms with Crippen LogP contribution in [-0.2, 0) is 17.6 Å². The molecule has 1 aliphatic heterocycles. The van der Waals surface area contributed by atoms with E-state index < -0.39 is 0 Å². The van der Waals surface area contributed by atoms with Crippen LogP contribution in [0.5, 0.6) is 0 Å². The average Bonchev–Trinajstić information content (AvgIpc) is 3.49. The molecular formula is C33H47FN4O. The van der Waals surface area contributed by atoms with E-state index in [0.717, 1.165) is 50.0 Å². The van der Waals surface area contributed by atoms with Crippen molar-refractivity contribution in [1.82, 2.24) is 0 Å². The Morgan fingerprint density at radius 3 is 2.33 bits per heavy atom. The molecule has 0 aromatic heterocycles. The second-order valence-corrected chi connectivity index (χ2v) is 10.0. The van der Waals surface area contributed by atoms with Gasteiger partial charge in [-0.2, -0.15) is 5.26 Å². The molecular weight excluding hydrogens is 487 g/mol. The summed E-state index contributed by atoms with van der Waals surface area (Å²) in [5.74, 6) is 0.602. The second-order valence-electron chi connectivity index (χ2n) is 10.0. The van der Waals surface area contributed by atoms with Crippen molar-refractivity contribution in [1.29, 1.82) is 10.7 Å². The first-order chi connectivity index (χ1) is 18.7. The number of nitriles is 1. The Labute approximate surface area is 235 Å². The molecule has 2 aromatic carbocycles. The van der Waals surface area contributed by atoms with E-state index in [1.165, 1.54) is 36.0 Å². The number of Topliss-reactive ketones (excluding diaryl/α,β-unsaturated/α-hetero) is 1. The van der Waals surface area contributed by atoms with Gasteiger partial charge in [-0.15, -0.1) is 0 Å². The van der Waals surface area contributed by atoms with E-state index in [1.54, 1.807) is 31.3 Å². The highest BCUT2D eigenvalue weighted by Crippen LogP contribution is 2.35. The number of amidine groups is 1. The molecule has 39 heavy (non-hydrogen) atoms.